The molecule has 0 N–H and O–H groups in total. The Kier molecular flexibility index (Phi) is 7.25. The second-order valence-electron chi connectivity index (χ2n) is 5.27. The van der Waals surface area contributed by atoms with Gasteiger partial charge in [-0.3, -0.25) is 0 Å². The fraction of sp³-hybridized carbons (Fsp3) is 1.00. The predicted molar refractivity (Wildman–Crippen MR) is 69.4 cm³/mol. The number of hydrogen-bond donors (Lipinski definition) is 0. The molecule has 0 saturated carbocycles. The van der Waals surface area contributed by atoms with Crippen molar-refractivity contribution in [2.24, 2.45) is 0 Å². The maximum atomic E-state index is 5.73. The van der Waals surface area contributed by atoms with E-state index in [1.54, 1.807) is 0 Å². The van der Waals surface area contributed by atoms with E-state index in [2.05, 4.69) is 41.5 Å². The maximum absolute atomic E-state index is 5.73. The highest BCUT2D eigenvalue weighted by Crippen LogP contribution is 2.28. The third-order valence-corrected chi connectivity index (χ3v) is 3.50. The van der Waals surface area contributed by atoms with E-state index >= 15 is 0 Å². The van der Waals surface area contributed by atoms with Gasteiger partial charge in [0.25, 0.3) is 0 Å². The van der Waals surface area contributed by atoms with Crippen LogP contribution >= 0.6 is 0 Å². The first-order chi connectivity index (χ1) is 7.45. The molecule has 2 unspecified atom stereocenters. The molecule has 0 rings (SSSR count). The normalized spacial score (nSPS) is 19.1. The van der Waals surface area contributed by atoms with Crippen LogP contribution < -0.4 is 0 Å². The maximum Gasteiger partial charge on any atom is 0.101 e. The van der Waals surface area contributed by atoms with Crippen molar-refractivity contribution in [3.05, 3.63) is 0 Å². The molecule has 0 aliphatic heterocycles. The summed E-state index contributed by atoms with van der Waals surface area (Å²) in [5.41, 5.74) is -0.252. The van der Waals surface area contributed by atoms with Crippen molar-refractivity contribution in [3.63, 3.8) is 0 Å². The zero-order valence-electron chi connectivity index (χ0n) is 12.1. The molecular weight excluding hydrogens is 200 g/mol. The molecule has 0 aromatic rings. The molecular formula is C14H30O2. The van der Waals surface area contributed by atoms with Gasteiger partial charge in [0.2, 0.25) is 0 Å². The number of rotatable bonds is 9. The Morgan fingerprint density at radius 2 is 1.00 bits per heavy atom. The van der Waals surface area contributed by atoms with Gasteiger partial charge in [-0.15, -0.1) is 0 Å². The topological polar surface area (TPSA) is 18.5 Å². The molecule has 0 aliphatic rings. The van der Waals surface area contributed by atoms with Crippen LogP contribution in [0.15, 0.2) is 0 Å². The molecule has 0 aliphatic carbocycles. The summed E-state index contributed by atoms with van der Waals surface area (Å²) in [5, 5.41) is 0. The van der Waals surface area contributed by atoms with E-state index in [0.29, 0.717) is 0 Å². The lowest BCUT2D eigenvalue weighted by Crippen LogP contribution is -2.35. The number of hydrogen-bond acceptors (Lipinski definition) is 2. The van der Waals surface area contributed by atoms with E-state index in [9.17, 15) is 0 Å². The second-order valence-corrected chi connectivity index (χ2v) is 5.27. The minimum Gasteiger partial charge on any atom is -0.230 e. The van der Waals surface area contributed by atoms with Crippen LogP contribution in [0.4, 0.5) is 0 Å². The largest absolute Gasteiger partial charge is 0.230 e. The fourth-order valence-corrected chi connectivity index (χ4v) is 1.81. The summed E-state index contributed by atoms with van der Waals surface area (Å²) in [6.45, 7) is 13.0. The van der Waals surface area contributed by atoms with Gasteiger partial charge in [0.15, 0.2) is 0 Å². The summed E-state index contributed by atoms with van der Waals surface area (Å²) in [4.78, 5) is 11.5. The minimum atomic E-state index is -0.126. The Morgan fingerprint density at radius 1 is 0.688 bits per heavy atom. The second kappa shape index (κ2) is 7.29. The molecule has 16 heavy (non-hydrogen) atoms. The quantitative estimate of drug-likeness (QED) is 0.415. The molecule has 98 valence electrons. The third kappa shape index (κ3) is 5.31. The van der Waals surface area contributed by atoms with E-state index in [1.165, 1.54) is 0 Å². The Bertz CT molecular complexity index is 162. The van der Waals surface area contributed by atoms with Gasteiger partial charge in [0, 0.05) is 0 Å². The Morgan fingerprint density at radius 3 is 1.19 bits per heavy atom. The molecule has 0 saturated heterocycles. The van der Waals surface area contributed by atoms with Gasteiger partial charge in [-0.25, -0.2) is 9.78 Å². The van der Waals surface area contributed by atoms with Gasteiger partial charge in [-0.1, -0.05) is 40.5 Å². The Balaban J connectivity index is 4.26. The molecule has 0 bridgehead atoms. The molecule has 2 nitrogen and oxygen atoms in total. The fourth-order valence-electron chi connectivity index (χ4n) is 1.81. The van der Waals surface area contributed by atoms with E-state index in [4.69, 9.17) is 9.78 Å². The molecule has 0 spiro atoms. The van der Waals surface area contributed by atoms with Crippen LogP contribution in [0.5, 0.6) is 0 Å². The standard InChI is InChI=1S/C14H30O2/c1-7-11-13(5,9-3)15-16-14(6,10-4)12-8-2/h7-12H2,1-6H3. The van der Waals surface area contributed by atoms with E-state index < -0.39 is 0 Å². The van der Waals surface area contributed by atoms with E-state index in [1.807, 2.05) is 0 Å². The molecule has 0 amide bonds. The lowest BCUT2D eigenvalue weighted by atomic mass is 9.97. The average molecular weight is 230 g/mol. The summed E-state index contributed by atoms with van der Waals surface area (Å²) in [6.07, 6.45) is 6.35. The molecule has 0 aromatic heterocycles. The van der Waals surface area contributed by atoms with Crippen LogP contribution in [0.25, 0.3) is 0 Å². The van der Waals surface area contributed by atoms with E-state index in [0.717, 1.165) is 38.5 Å². The van der Waals surface area contributed by atoms with Crippen LogP contribution in [-0.2, 0) is 9.78 Å². The van der Waals surface area contributed by atoms with Crippen LogP contribution in [0.2, 0.25) is 0 Å². The van der Waals surface area contributed by atoms with Crippen LogP contribution in [0.1, 0.15) is 80.1 Å². The van der Waals surface area contributed by atoms with Crippen molar-refractivity contribution in [1.29, 1.82) is 0 Å². The SMILES string of the molecule is CCCC(C)(CC)OOC(C)(CC)CCC. The van der Waals surface area contributed by atoms with Crippen LogP contribution in [-0.4, -0.2) is 11.2 Å². The average Bonchev–Trinajstić information content (AvgIpc) is 2.27. The molecule has 0 heterocycles. The summed E-state index contributed by atoms with van der Waals surface area (Å²) in [7, 11) is 0. The summed E-state index contributed by atoms with van der Waals surface area (Å²) < 4.78 is 0. The highest BCUT2D eigenvalue weighted by molar-refractivity contribution is 4.74. The zero-order valence-corrected chi connectivity index (χ0v) is 12.1. The minimum absolute atomic E-state index is 0.126. The molecule has 0 radical (unpaired) electrons. The first-order valence-corrected chi connectivity index (χ1v) is 6.82. The smallest absolute Gasteiger partial charge is 0.101 e. The summed E-state index contributed by atoms with van der Waals surface area (Å²) >= 11 is 0. The van der Waals surface area contributed by atoms with E-state index in [-0.39, 0.29) is 11.2 Å². The van der Waals surface area contributed by atoms with Crippen molar-refractivity contribution in [2.75, 3.05) is 0 Å². The molecule has 0 aromatic carbocycles. The lowest BCUT2D eigenvalue weighted by molar-refractivity contribution is -0.411. The summed E-state index contributed by atoms with van der Waals surface area (Å²) in [5.74, 6) is 0. The van der Waals surface area contributed by atoms with Crippen molar-refractivity contribution < 1.29 is 9.78 Å². The summed E-state index contributed by atoms with van der Waals surface area (Å²) in [6, 6.07) is 0. The predicted octanol–water partition coefficient (Wildman–Crippen LogP) is 4.87. The van der Waals surface area contributed by atoms with Gasteiger partial charge in [0.05, 0.1) is 0 Å². The Hall–Kier alpha value is -0.0800. The van der Waals surface area contributed by atoms with Gasteiger partial charge in [-0.05, 0) is 39.5 Å². The van der Waals surface area contributed by atoms with Gasteiger partial charge >= 0.3 is 0 Å². The van der Waals surface area contributed by atoms with Crippen molar-refractivity contribution in [3.8, 4) is 0 Å². The van der Waals surface area contributed by atoms with Crippen molar-refractivity contribution in [2.45, 2.75) is 91.3 Å². The molecule has 0 fully saturated rings. The van der Waals surface area contributed by atoms with Gasteiger partial charge in [-0.2, -0.15) is 0 Å². The van der Waals surface area contributed by atoms with Crippen molar-refractivity contribution >= 4 is 0 Å². The van der Waals surface area contributed by atoms with Crippen LogP contribution in [0, 0.1) is 0 Å². The highest BCUT2D eigenvalue weighted by Gasteiger charge is 2.29. The van der Waals surface area contributed by atoms with Crippen molar-refractivity contribution in [1.82, 2.24) is 0 Å². The van der Waals surface area contributed by atoms with Crippen LogP contribution in [0.3, 0.4) is 0 Å². The first kappa shape index (κ1) is 15.9. The lowest BCUT2D eigenvalue weighted by Gasteiger charge is -2.33. The Labute approximate surface area is 102 Å². The van der Waals surface area contributed by atoms with Gasteiger partial charge in [0.1, 0.15) is 11.2 Å². The third-order valence-electron chi connectivity index (χ3n) is 3.50. The molecule has 2 heteroatoms. The monoisotopic (exact) mass is 230 g/mol. The first-order valence-electron chi connectivity index (χ1n) is 6.82. The highest BCUT2D eigenvalue weighted by atomic mass is 17.2. The zero-order chi connectivity index (χ0) is 12.7. The molecule has 2 atom stereocenters. The van der Waals surface area contributed by atoms with Gasteiger partial charge < -0.3 is 0 Å².